The van der Waals surface area contributed by atoms with Gasteiger partial charge in [0.25, 0.3) is 0 Å². The highest BCUT2D eigenvalue weighted by atomic mass is 16.3. The van der Waals surface area contributed by atoms with Gasteiger partial charge in [-0.25, -0.2) is 14.6 Å². The van der Waals surface area contributed by atoms with Crippen LogP contribution < -0.4 is 10.2 Å². The minimum absolute atomic E-state index is 0.0338. The van der Waals surface area contributed by atoms with Crippen LogP contribution in [0.4, 0.5) is 5.82 Å². The lowest BCUT2D eigenvalue weighted by atomic mass is 10.1. The average molecular weight is 409 g/mol. The molecule has 0 radical (unpaired) electrons. The molecule has 0 aliphatic carbocycles. The van der Waals surface area contributed by atoms with Crippen molar-refractivity contribution in [1.82, 2.24) is 25.1 Å². The molecule has 8 nitrogen and oxygen atoms in total. The Morgan fingerprint density at radius 1 is 1.17 bits per heavy atom. The summed E-state index contributed by atoms with van der Waals surface area (Å²) in [6, 6.07) is 5.76. The minimum Gasteiger partial charge on any atom is -0.469 e. The molecule has 1 aliphatic heterocycles. The molecule has 3 aromatic heterocycles. The fourth-order valence-corrected chi connectivity index (χ4v) is 3.94. The van der Waals surface area contributed by atoms with Crippen LogP contribution in [0, 0.1) is 13.8 Å². The fourth-order valence-electron chi connectivity index (χ4n) is 3.94. The summed E-state index contributed by atoms with van der Waals surface area (Å²) in [6.07, 6.45) is 7.42. The molecule has 0 bridgehead atoms. The highest BCUT2D eigenvalue weighted by molar-refractivity contribution is 5.76. The topological polar surface area (TPSA) is 89.1 Å². The van der Waals surface area contributed by atoms with Crippen molar-refractivity contribution in [3.05, 3.63) is 53.5 Å². The van der Waals surface area contributed by atoms with Gasteiger partial charge in [0, 0.05) is 44.2 Å². The molecule has 8 heteroatoms. The molecule has 0 unspecified atom stereocenters. The van der Waals surface area contributed by atoms with E-state index in [0.29, 0.717) is 25.8 Å². The Bertz CT molecular complexity index is 989. The van der Waals surface area contributed by atoms with Crippen molar-refractivity contribution >= 4 is 11.7 Å². The second-order valence-corrected chi connectivity index (χ2v) is 7.67. The second-order valence-electron chi connectivity index (χ2n) is 7.67. The highest BCUT2D eigenvalue weighted by Crippen LogP contribution is 2.22. The van der Waals surface area contributed by atoms with Crippen molar-refractivity contribution in [3.63, 3.8) is 0 Å². The lowest BCUT2D eigenvalue weighted by molar-refractivity contribution is -0.121. The van der Waals surface area contributed by atoms with Crippen LogP contribution in [0.2, 0.25) is 0 Å². The van der Waals surface area contributed by atoms with Gasteiger partial charge in [0.2, 0.25) is 5.91 Å². The normalized spacial score (nSPS) is 13.7. The molecule has 1 amide bonds. The maximum atomic E-state index is 12.2. The van der Waals surface area contributed by atoms with Crippen LogP contribution in [-0.4, -0.2) is 45.3 Å². The Kier molecular flexibility index (Phi) is 6.11. The summed E-state index contributed by atoms with van der Waals surface area (Å²) in [6.45, 7) is 6.66. The van der Waals surface area contributed by atoms with Gasteiger partial charge in [-0.15, -0.1) is 0 Å². The van der Waals surface area contributed by atoms with Gasteiger partial charge in [0.15, 0.2) is 5.82 Å². The Hall–Kier alpha value is -3.16. The summed E-state index contributed by atoms with van der Waals surface area (Å²) >= 11 is 0. The first-order valence-corrected chi connectivity index (χ1v) is 10.5. The first-order chi connectivity index (χ1) is 14.6. The Morgan fingerprint density at radius 2 is 1.97 bits per heavy atom. The first-order valence-electron chi connectivity index (χ1n) is 10.5. The van der Waals surface area contributed by atoms with Crippen LogP contribution in [-0.2, 0) is 17.6 Å². The molecule has 1 N–H and O–H groups in total. The van der Waals surface area contributed by atoms with Gasteiger partial charge in [0.1, 0.15) is 17.9 Å². The zero-order valence-electron chi connectivity index (χ0n) is 17.6. The van der Waals surface area contributed by atoms with E-state index in [1.54, 1.807) is 12.6 Å². The number of aryl methyl sites for hydroxylation is 1. The molecule has 158 valence electrons. The highest BCUT2D eigenvalue weighted by Gasteiger charge is 2.18. The molecule has 1 fully saturated rings. The largest absolute Gasteiger partial charge is 0.469 e. The van der Waals surface area contributed by atoms with E-state index in [1.807, 2.05) is 36.7 Å². The molecule has 0 saturated carbocycles. The van der Waals surface area contributed by atoms with Gasteiger partial charge in [-0.05, 0) is 50.8 Å². The molecule has 1 saturated heterocycles. The van der Waals surface area contributed by atoms with E-state index >= 15 is 0 Å². The average Bonchev–Trinajstić information content (AvgIpc) is 3.50. The van der Waals surface area contributed by atoms with Gasteiger partial charge < -0.3 is 14.6 Å². The Labute approximate surface area is 176 Å². The Morgan fingerprint density at radius 3 is 2.73 bits per heavy atom. The number of nitrogens with zero attached hydrogens (tertiary/aromatic N) is 5. The van der Waals surface area contributed by atoms with E-state index in [2.05, 4.69) is 25.3 Å². The zero-order valence-corrected chi connectivity index (χ0v) is 17.6. The van der Waals surface area contributed by atoms with Gasteiger partial charge in [0.05, 0.1) is 12.0 Å². The summed E-state index contributed by atoms with van der Waals surface area (Å²) < 4.78 is 7.15. The number of carbonyl (C=O) groups excluding carboxylic acids is 1. The molecule has 0 atom stereocenters. The van der Waals surface area contributed by atoms with Crippen LogP contribution in [0.5, 0.6) is 0 Å². The molecule has 0 spiro atoms. The standard InChI is InChI=1S/C22H28N6O2/c1-16-19(7-8-22(29)23-10-9-18-6-5-13-30-18)17(2)28(26-16)21-14-20(24-15-25-21)27-11-3-4-12-27/h5-6,13-15H,3-4,7-12H2,1-2H3,(H,23,29). The van der Waals surface area contributed by atoms with E-state index in [-0.39, 0.29) is 5.91 Å². The smallest absolute Gasteiger partial charge is 0.220 e. The molecule has 0 aromatic carbocycles. The van der Waals surface area contributed by atoms with Crippen LogP contribution in [0.3, 0.4) is 0 Å². The van der Waals surface area contributed by atoms with Gasteiger partial charge in [-0.2, -0.15) is 5.10 Å². The maximum Gasteiger partial charge on any atom is 0.220 e. The number of carbonyl (C=O) groups is 1. The monoisotopic (exact) mass is 408 g/mol. The lowest BCUT2D eigenvalue weighted by Gasteiger charge is -2.16. The summed E-state index contributed by atoms with van der Waals surface area (Å²) in [7, 11) is 0. The first kappa shape index (κ1) is 20.1. The molecule has 1 aliphatic rings. The number of hydrogen-bond donors (Lipinski definition) is 1. The van der Waals surface area contributed by atoms with Crippen LogP contribution >= 0.6 is 0 Å². The van der Waals surface area contributed by atoms with Crippen molar-refractivity contribution in [3.8, 4) is 5.82 Å². The molecule has 4 heterocycles. The van der Waals surface area contributed by atoms with Gasteiger partial charge in [-0.1, -0.05) is 0 Å². The number of rotatable bonds is 8. The van der Waals surface area contributed by atoms with E-state index in [4.69, 9.17) is 4.42 Å². The Balaban J connectivity index is 1.38. The summed E-state index contributed by atoms with van der Waals surface area (Å²) in [5.74, 6) is 2.62. The van der Waals surface area contributed by atoms with Crippen molar-refractivity contribution in [2.45, 2.75) is 46.0 Å². The minimum atomic E-state index is 0.0338. The molecule has 3 aromatic rings. The van der Waals surface area contributed by atoms with Crippen molar-refractivity contribution < 1.29 is 9.21 Å². The fraction of sp³-hybridized carbons (Fsp3) is 0.455. The number of furan rings is 1. The second kappa shape index (κ2) is 9.11. The molecule has 30 heavy (non-hydrogen) atoms. The number of aromatic nitrogens is 4. The van der Waals surface area contributed by atoms with Gasteiger partial charge in [-0.3, -0.25) is 4.79 Å². The van der Waals surface area contributed by atoms with E-state index in [0.717, 1.165) is 47.4 Å². The summed E-state index contributed by atoms with van der Waals surface area (Å²) in [5, 5.41) is 7.64. The van der Waals surface area contributed by atoms with Crippen LogP contribution in [0.15, 0.2) is 35.2 Å². The van der Waals surface area contributed by atoms with Crippen LogP contribution in [0.1, 0.15) is 42.0 Å². The predicted molar refractivity (Wildman–Crippen MR) is 114 cm³/mol. The molecular formula is C22H28N6O2. The third-order valence-corrected chi connectivity index (χ3v) is 5.60. The van der Waals surface area contributed by atoms with Crippen molar-refractivity contribution in [2.24, 2.45) is 0 Å². The third-order valence-electron chi connectivity index (χ3n) is 5.60. The molecule has 4 rings (SSSR count). The van der Waals surface area contributed by atoms with E-state index < -0.39 is 0 Å². The summed E-state index contributed by atoms with van der Waals surface area (Å²) in [4.78, 5) is 23.4. The number of nitrogens with one attached hydrogen (secondary N) is 1. The number of amides is 1. The van der Waals surface area contributed by atoms with Crippen molar-refractivity contribution in [1.29, 1.82) is 0 Å². The summed E-state index contributed by atoms with van der Waals surface area (Å²) in [5.41, 5.74) is 3.04. The quantitative estimate of drug-likeness (QED) is 0.617. The lowest BCUT2D eigenvalue weighted by Crippen LogP contribution is -2.25. The maximum absolute atomic E-state index is 12.2. The van der Waals surface area contributed by atoms with E-state index in [9.17, 15) is 4.79 Å². The number of hydrogen-bond acceptors (Lipinski definition) is 6. The predicted octanol–water partition coefficient (Wildman–Crippen LogP) is 2.76. The number of anilines is 1. The van der Waals surface area contributed by atoms with Gasteiger partial charge >= 0.3 is 0 Å². The van der Waals surface area contributed by atoms with E-state index in [1.165, 1.54) is 12.8 Å². The van der Waals surface area contributed by atoms with Crippen molar-refractivity contribution in [2.75, 3.05) is 24.5 Å². The third kappa shape index (κ3) is 4.53. The SMILES string of the molecule is Cc1nn(-c2cc(N3CCCC3)ncn2)c(C)c1CCC(=O)NCCc1ccco1. The molecular weight excluding hydrogens is 380 g/mol. The van der Waals surface area contributed by atoms with Crippen LogP contribution in [0.25, 0.3) is 5.82 Å². The zero-order chi connectivity index (χ0) is 20.9.